The second kappa shape index (κ2) is 10.2. The average molecular weight is 389 g/mol. The zero-order valence-electron chi connectivity index (χ0n) is 17.6. The van der Waals surface area contributed by atoms with E-state index in [1.807, 2.05) is 18.2 Å². The molecule has 154 valence electrons. The van der Waals surface area contributed by atoms with E-state index in [0.29, 0.717) is 28.9 Å². The molecule has 0 saturated heterocycles. The summed E-state index contributed by atoms with van der Waals surface area (Å²) >= 11 is 0. The number of carbonyl (C=O) groups is 1. The van der Waals surface area contributed by atoms with Crippen LogP contribution in [0.1, 0.15) is 70.8 Å². The lowest BCUT2D eigenvalue weighted by Gasteiger charge is -2.18. The van der Waals surface area contributed by atoms with Crippen LogP contribution in [0, 0.1) is 0 Å². The van der Waals surface area contributed by atoms with Gasteiger partial charge >= 0.3 is 5.97 Å². The van der Waals surface area contributed by atoms with Crippen molar-refractivity contribution in [1.82, 2.24) is 0 Å². The number of rotatable bonds is 10. The summed E-state index contributed by atoms with van der Waals surface area (Å²) in [5.74, 6) is 0.656. The van der Waals surface area contributed by atoms with Gasteiger partial charge in [-0.2, -0.15) is 0 Å². The summed E-state index contributed by atoms with van der Waals surface area (Å²) in [4.78, 5) is 12.5. The van der Waals surface area contributed by atoms with Gasteiger partial charge in [0.15, 0.2) is 11.5 Å². The quantitative estimate of drug-likeness (QED) is 0.309. The first-order chi connectivity index (χ1) is 13.4. The third kappa shape index (κ3) is 4.89. The molecule has 0 saturated carbocycles. The Morgan fingerprint density at radius 1 is 0.964 bits per heavy atom. The Morgan fingerprint density at radius 2 is 1.64 bits per heavy atom. The van der Waals surface area contributed by atoms with Crippen LogP contribution in [0.3, 0.4) is 0 Å². The normalized spacial score (nSPS) is 11.1. The summed E-state index contributed by atoms with van der Waals surface area (Å²) in [5, 5.41) is 11.8. The number of methoxy groups -OCH3 is 2. The number of hydrogen-bond donors (Lipinski definition) is 1. The standard InChI is InChI=1S/C23H32O5/c1-6-7-8-9-10-11-19(24)28-21-18-14-16(15(2)3)12-13-17(18)20(25)22(26-4)23(21)27-5/h12-15,25H,6-11H2,1-5H3. The number of ether oxygens (including phenoxy) is 3. The molecule has 1 N–H and O–H groups in total. The predicted molar refractivity (Wildman–Crippen MR) is 112 cm³/mol. The summed E-state index contributed by atoms with van der Waals surface area (Å²) in [6.07, 6.45) is 5.63. The van der Waals surface area contributed by atoms with Crippen LogP contribution in [0.5, 0.6) is 23.0 Å². The molecular formula is C23H32O5. The molecule has 0 aliphatic carbocycles. The number of aromatic hydroxyl groups is 1. The fourth-order valence-corrected chi connectivity index (χ4v) is 3.28. The van der Waals surface area contributed by atoms with E-state index in [1.165, 1.54) is 27.1 Å². The number of esters is 1. The van der Waals surface area contributed by atoms with Gasteiger partial charge in [-0.15, -0.1) is 0 Å². The fourth-order valence-electron chi connectivity index (χ4n) is 3.28. The fraction of sp³-hybridized carbons (Fsp3) is 0.522. The molecule has 2 aromatic rings. The van der Waals surface area contributed by atoms with Gasteiger partial charge in [-0.25, -0.2) is 0 Å². The van der Waals surface area contributed by atoms with E-state index in [2.05, 4.69) is 20.8 Å². The third-order valence-corrected chi connectivity index (χ3v) is 4.95. The molecule has 0 spiro atoms. The smallest absolute Gasteiger partial charge is 0.311 e. The predicted octanol–water partition coefficient (Wildman–Crippen LogP) is 5.95. The lowest BCUT2D eigenvalue weighted by molar-refractivity contribution is -0.134. The van der Waals surface area contributed by atoms with Crippen LogP contribution in [0.25, 0.3) is 10.8 Å². The highest BCUT2D eigenvalue weighted by molar-refractivity contribution is 6.00. The van der Waals surface area contributed by atoms with Crippen LogP contribution < -0.4 is 14.2 Å². The maximum atomic E-state index is 12.5. The molecule has 0 heterocycles. The van der Waals surface area contributed by atoms with Gasteiger partial charge in [0, 0.05) is 17.2 Å². The minimum absolute atomic E-state index is 0.0241. The van der Waals surface area contributed by atoms with Crippen LogP contribution in [-0.2, 0) is 4.79 Å². The number of benzene rings is 2. The molecule has 0 amide bonds. The maximum Gasteiger partial charge on any atom is 0.311 e. The number of fused-ring (bicyclic) bond motifs is 1. The minimum Gasteiger partial charge on any atom is -0.504 e. The van der Waals surface area contributed by atoms with E-state index in [1.54, 1.807) is 0 Å². The van der Waals surface area contributed by atoms with E-state index in [0.717, 1.165) is 24.8 Å². The van der Waals surface area contributed by atoms with Crippen molar-refractivity contribution in [3.8, 4) is 23.0 Å². The van der Waals surface area contributed by atoms with Crippen molar-refractivity contribution in [2.24, 2.45) is 0 Å². The van der Waals surface area contributed by atoms with Gasteiger partial charge in [0.25, 0.3) is 0 Å². The van der Waals surface area contributed by atoms with E-state index in [-0.39, 0.29) is 23.2 Å². The van der Waals surface area contributed by atoms with Crippen molar-refractivity contribution in [1.29, 1.82) is 0 Å². The Bertz CT molecular complexity index is 810. The minimum atomic E-state index is -0.307. The van der Waals surface area contributed by atoms with Gasteiger partial charge in [0.1, 0.15) is 0 Å². The van der Waals surface area contributed by atoms with Gasteiger partial charge in [0.2, 0.25) is 11.5 Å². The number of phenolic OH excluding ortho intramolecular Hbond substituents is 1. The van der Waals surface area contributed by atoms with E-state index < -0.39 is 0 Å². The van der Waals surface area contributed by atoms with E-state index in [4.69, 9.17) is 14.2 Å². The highest BCUT2D eigenvalue weighted by Gasteiger charge is 2.24. The second-order valence-electron chi connectivity index (χ2n) is 7.34. The van der Waals surface area contributed by atoms with Crippen molar-refractivity contribution in [3.63, 3.8) is 0 Å². The molecule has 5 nitrogen and oxygen atoms in total. The zero-order valence-corrected chi connectivity index (χ0v) is 17.6. The zero-order chi connectivity index (χ0) is 20.7. The summed E-state index contributed by atoms with van der Waals surface area (Å²) in [6, 6.07) is 5.72. The van der Waals surface area contributed by atoms with Crippen LogP contribution in [0.4, 0.5) is 0 Å². The van der Waals surface area contributed by atoms with Crippen molar-refractivity contribution >= 4 is 16.7 Å². The lowest BCUT2D eigenvalue weighted by Crippen LogP contribution is -2.09. The molecule has 0 unspecified atom stereocenters. The SMILES string of the molecule is CCCCCCCC(=O)Oc1c(OC)c(OC)c(O)c2ccc(C(C)C)cc12. The lowest BCUT2D eigenvalue weighted by atomic mass is 9.97. The average Bonchev–Trinajstić information content (AvgIpc) is 2.69. The van der Waals surface area contributed by atoms with Crippen LogP contribution >= 0.6 is 0 Å². The molecule has 0 atom stereocenters. The molecule has 5 heteroatoms. The molecule has 0 aliphatic rings. The summed E-state index contributed by atoms with van der Waals surface area (Å²) in [7, 11) is 2.92. The van der Waals surface area contributed by atoms with Gasteiger partial charge in [-0.05, 0) is 24.0 Å². The highest BCUT2D eigenvalue weighted by atomic mass is 16.6. The molecular weight excluding hydrogens is 356 g/mol. The Kier molecular flexibility index (Phi) is 7.97. The molecule has 2 aromatic carbocycles. The van der Waals surface area contributed by atoms with Gasteiger partial charge in [-0.1, -0.05) is 58.6 Å². The first-order valence-electron chi connectivity index (χ1n) is 10.1. The van der Waals surface area contributed by atoms with Crippen LogP contribution in [0.2, 0.25) is 0 Å². The first kappa shape index (κ1) is 21.9. The number of hydrogen-bond acceptors (Lipinski definition) is 5. The summed E-state index contributed by atoms with van der Waals surface area (Å²) in [6.45, 7) is 6.34. The Balaban J connectivity index is 2.41. The Morgan fingerprint density at radius 3 is 2.25 bits per heavy atom. The van der Waals surface area contributed by atoms with Crippen molar-refractivity contribution < 1.29 is 24.1 Å². The van der Waals surface area contributed by atoms with Crippen molar-refractivity contribution in [3.05, 3.63) is 23.8 Å². The van der Waals surface area contributed by atoms with Gasteiger partial charge in [0.05, 0.1) is 14.2 Å². The Labute approximate surface area is 167 Å². The molecule has 0 radical (unpaired) electrons. The number of phenols is 1. The van der Waals surface area contributed by atoms with Crippen molar-refractivity contribution in [2.75, 3.05) is 14.2 Å². The first-order valence-corrected chi connectivity index (χ1v) is 10.1. The largest absolute Gasteiger partial charge is 0.504 e. The Hall–Kier alpha value is -2.43. The number of unbranched alkanes of at least 4 members (excludes halogenated alkanes) is 4. The maximum absolute atomic E-state index is 12.5. The molecule has 0 fully saturated rings. The van der Waals surface area contributed by atoms with Crippen LogP contribution in [0.15, 0.2) is 18.2 Å². The molecule has 0 bridgehead atoms. The monoisotopic (exact) mass is 388 g/mol. The van der Waals surface area contributed by atoms with Gasteiger partial charge in [-0.3, -0.25) is 4.79 Å². The highest BCUT2D eigenvalue weighted by Crippen LogP contribution is 2.51. The molecule has 0 aliphatic heterocycles. The van der Waals surface area contributed by atoms with E-state index in [9.17, 15) is 9.90 Å². The summed E-state index contributed by atoms with van der Waals surface area (Å²) < 4.78 is 16.5. The second-order valence-corrected chi connectivity index (χ2v) is 7.34. The van der Waals surface area contributed by atoms with Crippen molar-refractivity contribution in [2.45, 2.75) is 65.2 Å². The number of carbonyl (C=O) groups excluding carboxylic acids is 1. The molecule has 0 aromatic heterocycles. The van der Waals surface area contributed by atoms with Gasteiger partial charge < -0.3 is 19.3 Å². The molecule has 28 heavy (non-hydrogen) atoms. The van der Waals surface area contributed by atoms with E-state index >= 15 is 0 Å². The van der Waals surface area contributed by atoms with Crippen LogP contribution in [-0.4, -0.2) is 25.3 Å². The summed E-state index contributed by atoms with van der Waals surface area (Å²) in [5.41, 5.74) is 1.08. The topological polar surface area (TPSA) is 65.0 Å². The molecule has 2 rings (SSSR count). The third-order valence-electron chi connectivity index (χ3n) is 4.95.